The standard InChI is InChI=1S/C17H26N2OS/c1-18-12-14-7-6-10-16(11-14)21-13-17(20)19-15-8-4-2-3-5-9-15/h6-7,10-11,15,18H,2-5,8-9,12-13H2,1H3,(H,19,20). The first kappa shape index (κ1) is 16.4. The van der Waals surface area contributed by atoms with Crippen molar-refractivity contribution in [2.45, 2.75) is 56.0 Å². The molecule has 1 aromatic rings. The number of amides is 1. The van der Waals surface area contributed by atoms with Gasteiger partial charge in [-0.05, 0) is 37.6 Å². The highest BCUT2D eigenvalue weighted by Crippen LogP contribution is 2.20. The Hall–Kier alpha value is -1.00. The summed E-state index contributed by atoms with van der Waals surface area (Å²) < 4.78 is 0. The molecule has 2 N–H and O–H groups in total. The molecule has 0 spiro atoms. The third-order valence-corrected chi connectivity index (χ3v) is 4.86. The van der Waals surface area contributed by atoms with Crippen molar-refractivity contribution in [2.24, 2.45) is 0 Å². The molecule has 3 nitrogen and oxygen atoms in total. The molecule has 1 aliphatic rings. The molecule has 21 heavy (non-hydrogen) atoms. The molecule has 0 aliphatic heterocycles. The van der Waals surface area contributed by atoms with Crippen molar-refractivity contribution >= 4 is 17.7 Å². The Morgan fingerprint density at radius 2 is 2.00 bits per heavy atom. The van der Waals surface area contributed by atoms with Crippen molar-refractivity contribution < 1.29 is 4.79 Å². The van der Waals surface area contributed by atoms with Crippen LogP contribution in [0.2, 0.25) is 0 Å². The number of nitrogens with one attached hydrogen (secondary N) is 2. The van der Waals surface area contributed by atoms with Gasteiger partial charge >= 0.3 is 0 Å². The van der Waals surface area contributed by atoms with Crippen LogP contribution in [0, 0.1) is 0 Å². The van der Waals surface area contributed by atoms with E-state index in [9.17, 15) is 4.79 Å². The van der Waals surface area contributed by atoms with Gasteiger partial charge in [-0.25, -0.2) is 0 Å². The quantitative estimate of drug-likeness (QED) is 0.625. The third kappa shape index (κ3) is 6.10. The Balaban J connectivity index is 1.76. The molecule has 1 aliphatic carbocycles. The van der Waals surface area contributed by atoms with Crippen LogP contribution in [0.25, 0.3) is 0 Å². The summed E-state index contributed by atoms with van der Waals surface area (Å²) in [7, 11) is 1.94. The van der Waals surface area contributed by atoms with Gasteiger partial charge < -0.3 is 10.6 Å². The van der Waals surface area contributed by atoms with E-state index in [1.165, 1.54) is 36.1 Å². The van der Waals surface area contributed by atoms with Gasteiger partial charge in [0.2, 0.25) is 5.91 Å². The van der Waals surface area contributed by atoms with Crippen LogP contribution in [-0.2, 0) is 11.3 Å². The first-order chi connectivity index (χ1) is 10.3. The van der Waals surface area contributed by atoms with E-state index in [-0.39, 0.29) is 5.91 Å². The predicted molar refractivity (Wildman–Crippen MR) is 89.6 cm³/mol. The lowest BCUT2D eigenvalue weighted by Gasteiger charge is -2.16. The van der Waals surface area contributed by atoms with Gasteiger partial charge in [-0.15, -0.1) is 11.8 Å². The number of hydrogen-bond acceptors (Lipinski definition) is 3. The molecule has 0 aromatic heterocycles. The number of carbonyl (C=O) groups is 1. The van der Waals surface area contributed by atoms with Gasteiger partial charge in [-0.3, -0.25) is 4.79 Å². The summed E-state index contributed by atoms with van der Waals surface area (Å²) in [6.45, 7) is 0.864. The fourth-order valence-electron chi connectivity index (χ4n) is 2.79. The first-order valence-corrected chi connectivity index (χ1v) is 8.92. The van der Waals surface area contributed by atoms with Crippen LogP contribution in [0.1, 0.15) is 44.1 Å². The average Bonchev–Trinajstić information content (AvgIpc) is 2.75. The molecule has 0 unspecified atom stereocenters. The number of rotatable bonds is 6. The Bertz CT molecular complexity index is 442. The van der Waals surface area contributed by atoms with Crippen molar-refractivity contribution in [1.82, 2.24) is 10.6 Å². The fraction of sp³-hybridized carbons (Fsp3) is 0.588. The summed E-state index contributed by atoms with van der Waals surface area (Å²) in [5.41, 5.74) is 1.26. The topological polar surface area (TPSA) is 41.1 Å². The van der Waals surface area contributed by atoms with E-state index in [0.717, 1.165) is 19.4 Å². The van der Waals surface area contributed by atoms with Gasteiger partial charge in [-0.1, -0.05) is 37.8 Å². The maximum absolute atomic E-state index is 12.1. The third-order valence-electron chi connectivity index (χ3n) is 3.87. The molecule has 0 saturated heterocycles. The summed E-state index contributed by atoms with van der Waals surface area (Å²) in [4.78, 5) is 13.2. The lowest BCUT2D eigenvalue weighted by atomic mass is 10.1. The second-order valence-electron chi connectivity index (χ2n) is 5.72. The molecule has 0 atom stereocenters. The van der Waals surface area contributed by atoms with Crippen LogP contribution in [-0.4, -0.2) is 24.7 Å². The molecular formula is C17H26N2OS. The highest BCUT2D eigenvalue weighted by Gasteiger charge is 2.14. The van der Waals surface area contributed by atoms with Crippen LogP contribution >= 0.6 is 11.8 Å². The smallest absolute Gasteiger partial charge is 0.230 e. The number of carbonyl (C=O) groups excluding carboxylic acids is 1. The monoisotopic (exact) mass is 306 g/mol. The van der Waals surface area contributed by atoms with Gasteiger partial charge in [0.25, 0.3) is 0 Å². The van der Waals surface area contributed by atoms with Gasteiger partial charge in [0.15, 0.2) is 0 Å². The minimum atomic E-state index is 0.172. The van der Waals surface area contributed by atoms with E-state index in [4.69, 9.17) is 0 Å². The normalized spacial score (nSPS) is 16.4. The van der Waals surface area contributed by atoms with E-state index in [2.05, 4.69) is 34.9 Å². The Labute approximate surface area is 132 Å². The number of thioether (sulfide) groups is 1. The van der Waals surface area contributed by atoms with Crippen LogP contribution in [0.3, 0.4) is 0 Å². The zero-order chi connectivity index (χ0) is 14.9. The van der Waals surface area contributed by atoms with Gasteiger partial charge in [-0.2, -0.15) is 0 Å². The van der Waals surface area contributed by atoms with Crippen LogP contribution < -0.4 is 10.6 Å². The van der Waals surface area contributed by atoms with Gasteiger partial charge in [0.1, 0.15) is 0 Å². The van der Waals surface area contributed by atoms with E-state index in [1.54, 1.807) is 11.8 Å². The molecule has 4 heteroatoms. The average molecular weight is 306 g/mol. The van der Waals surface area contributed by atoms with E-state index in [0.29, 0.717) is 11.8 Å². The molecule has 0 radical (unpaired) electrons. The van der Waals surface area contributed by atoms with Crippen molar-refractivity contribution in [2.75, 3.05) is 12.8 Å². The lowest BCUT2D eigenvalue weighted by Crippen LogP contribution is -2.35. The van der Waals surface area contributed by atoms with Crippen molar-refractivity contribution in [3.05, 3.63) is 29.8 Å². The second-order valence-corrected chi connectivity index (χ2v) is 6.77. The molecule has 1 saturated carbocycles. The summed E-state index contributed by atoms with van der Waals surface area (Å²) in [5, 5.41) is 6.34. The van der Waals surface area contributed by atoms with Crippen molar-refractivity contribution in [3.63, 3.8) is 0 Å². The van der Waals surface area contributed by atoms with Crippen molar-refractivity contribution in [3.8, 4) is 0 Å². The molecule has 1 amide bonds. The molecular weight excluding hydrogens is 280 g/mol. The Morgan fingerprint density at radius 3 is 2.71 bits per heavy atom. The zero-order valence-electron chi connectivity index (χ0n) is 12.9. The fourth-order valence-corrected chi connectivity index (χ4v) is 3.58. The van der Waals surface area contributed by atoms with E-state index >= 15 is 0 Å². The molecule has 0 heterocycles. The Kier molecular flexibility index (Phi) is 7.10. The largest absolute Gasteiger partial charge is 0.353 e. The molecule has 1 aromatic carbocycles. The summed E-state index contributed by atoms with van der Waals surface area (Å²) >= 11 is 1.62. The maximum atomic E-state index is 12.1. The van der Waals surface area contributed by atoms with E-state index < -0.39 is 0 Å². The minimum absolute atomic E-state index is 0.172. The summed E-state index contributed by atoms with van der Waals surface area (Å²) in [6.07, 6.45) is 7.44. The highest BCUT2D eigenvalue weighted by molar-refractivity contribution is 8.00. The summed E-state index contributed by atoms with van der Waals surface area (Å²) in [6, 6.07) is 8.78. The lowest BCUT2D eigenvalue weighted by molar-refractivity contribution is -0.119. The number of hydrogen-bond donors (Lipinski definition) is 2. The maximum Gasteiger partial charge on any atom is 0.230 e. The minimum Gasteiger partial charge on any atom is -0.353 e. The number of benzene rings is 1. The van der Waals surface area contributed by atoms with Crippen LogP contribution in [0.15, 0.2) is 29.2 Å². The van der Waals surface area contributed by atoms with Crippen LogP contribution in [0.4, 0.5) is 0 Å². The zero-order valence-corrected chi connectivity index (χ0v) is 13.7. The highest BCUT2D eigenvalue weighted by atomic mass is 32.2. The molecule has 2 rings (SSSR count). The molecule has 0 bridgehead atoms. The van der Waals surface area contributed by atoms with Crippen LogP contribution in [0.5, 0.6) is 0 Å². The Morgan fingerprint density at radius 1 is 1.24 bits per heavy atom. The van der Waals surface area contributed by atoms with E-state index in [1.807, 2.05) is 7.05 Å². The second kappa shape index (κ2) is 9.11. The van der Waals surface area contributed by atoms with Gasteiger partial charge in [0.05, 0.1) is 5.75 Å². The predicted octanol–water partition coefficient (Wildman–Crippen LogP) is 3.34. The SMILES string of the molecule is CNCc1cccc(SCC(=O)NC2CCCCCC2)c1. The summed E-state index contributed by atoms with van der Waals surface area (Å²) in [5.74, 6) is 0.686. The van der Waals surface area contributed by atoms with Gasteiger partial charge in [0, 0.05) is 17.5 Å². The first-order valence-electron chi connectivity index (χ1n) is 7.93. The molecule has 1 fully saturated rings. The molecule has 116 valence electrons. The van der Waals surface area contributed by atoms with Crippen molar-refractivity contribution in [1.29, 1.82) is 0 Å².